The van der Waals surface area contributed by atoms with E-state index in [0.29, 0.717) is 36.2 Å². The van der Waals surface area contributed by atoms with Gasteiger partial charge >= 0.3 is 0 Å². The van der Waals surface area contributed by atoms with Crippen LogP contribution in [0.1, 0.15) is 42.2 Å². The van der Waals surface area contributed by atoms with E-state index in [1.807, 2.05) is 13.8 Å². The summed E-state index contributed by atoms with van der Waals surface area (Å²) in [6.07, 6.45) is 1.75. The summed E-state index contributed by atoms with van der Waals surface area (Å²) in [5.74, 6) is 0.562. The minimum atomic E-state index is -0.0995. The van der Waals surface area contributed by atoms with Crippen LogP contribution in [0.5, 0.6) is 5.75 Å². The Kier molecular flexibility index (Phi) is 6.91. The van der Waals surface area contributed by atoms with Crippen molar-refractivity contribution in [1.29, 1.82) is 0 Å². The predicted octanol–water partition coefficient (Wildman–Crippen LogP) is 3.75. The van der Waals surface area contributed by atoms with Crippen molar-refractivity contribution >= 4 is 34.8 Å². The van der Waals surface area contributed by atoms with Crippen molar-refractivity contribution in [3.05, 3.63) is 45.4 Å². The molecule has 1 aliphatic heterocycles. The van der Waals surface area contributed by atoms with Crippen LogP contribution in [0.2, 0.25) is 5.02 Å². The van der Waals surface area contributed by atoms with Gasteiger partial charge in [-0.1, -0.05) is 25.4 Å². The number of halogens is 1. The molecule has 1 N–H and O–H groups in total. The number of amides is 2. The highest BCUT2D eigenvalue weighted by Gasteiger charge is 2.27. The standard InChI is InChI=1S/C20H24ClN3O3S/c1-13(2)19(25)22-15-4-3-9-24(10-15)20(26)17-12-28-18(23-17)11-27-16-7-5-14(21)6-8-16/h5-8,12-13,15H,3-4,9-11H2,1-2H3,(H,22,25). The van der Waals surface area contributed by atoms with E-state index in [-0.39, 0.29) is 23.8 Å². The number of benzene rings is 1. The Bertz CT molecular complexity index is 822. The lowest BCUT2D eigenvalue weighted by Gasteiger charge is -2.33. The molecular weight excluding hydrogens is 398 g/mol. The van der Waals surface area contributed by atoms with Crippen LogP contribution in [-0.2, 0) is 11.4 Å². The lowest BCUT2D eigenvalue weighted by molar-refractivity contribution is -0.125. The van der Waals surface area contributed by atoms with Crippen molar-refractivity contribution < 1.29 is 14.3 Å². The molecule has 2 heterocycles. The Hall–Kier alpha value is -2.12. The molecule has 1 saturated heterocycles. The van der Waals surface area contributed by atoms with Gasteiger partial charge in [-0.2, -0.15) is 0 Å². The minimum absolute atomic E-state index is 0.000978. The lowest BCUT2D eigenvalue weighted by Crippen LogP contribution is -2.50. The first-order valence-electron chi connectivity index (χ1n) is 9.35. The molecule has 1 unspecified atom stereocenters. The summed E-state index contributed by atoms with van der Waals surface area (Å²) in [5.41, 5.74) is 0.426. The average Bonchev–Trinajstić information content (AvgIpc) is 3.16. The smallest absolute Gasteiger partial charge is 0.273 e. The summed E-state index contributed by atoms with van der Waals surface area (Å²) >= 11 is 7.26. The van der Waals surface area contributed by atoms with Gasteiger partial charge in [0.25, 0.3) is 5.91 Å². The molecule has 150 valence electrons. The van der Waals surface area contributed by atoms with Crippen LogP contribution in [-0.4, -0.2) is 40.8 Å². The second-order valence-corrected chi connectivity index (χ2v) is 8.50. The number of carbonyl (C=O) groups is 2. The van der Waals surface area contributed by atoms with Crippen LogP contribution in [0.4, 0.5) is 0 Å². The number of nitrogens with one attached hydrogen (secondary N) is 1. The second-order valence-electron chi connectivity index (χ2n) is 7.12. The van der Waals surface area contributed by atoms with E-state index in [4.69, 9.17) is 16.3 Å². The van der Waals surface area contributed by atoms with Gasteiger partial charge in [-0.15, -0.1) is 11.3 Å². The predicted molar refractivity (Wildman–Crippen MR) is 110 cm³/mol. The Morgan fingerprint density at radius 2 is 2.11 bits per heavy atom. The first-order chi connectivity index (χ1) is 13.4. The highest BCUT2D eigenvalue weighted by atomic mass is 35.5. The molecule has 1 aliphatic rings. The third kappa shape index (κ3) is 5.45. The number of hydrogen-bond acceptors (Lipinski definition) is 5. The van der Waals surface area contributed by atoms with Crippen LogP contribution >= 0.6 is 22.9 Å². The number of ether oxygens (including phenoxy) is 1. The van der Waals surface area contributed by atoms with Gasteiger partial charge in [0, 0.05) is 35.5 Å². The molecule has 0 aliphatic carbocycles. The first-order valence-corrected chi connectivity index (χ1v) is 10.6. The zero-order valence-corrected chi connectivity index (χ0v) is 17.6. The van der Waals surface area contributed by atoms with E-state index >= 15 is 0 Å². The van der Waals surface area contributed by atoms with Crippen molar-refractivity contribution in [3.8, 4) is 5.75 Å². The van der Waals surface area contributed by atoms with E-state index in [1.54, 1.807) is 34.5 Å². The number of piperidine rings is 1. The summed E-state index contributed by atoms with van der Waals surface area (Å²) in [7, 11) is 0. The molecule has 0 spiro atoms. The Balaban J connectivity index is 1.55. The van der Waals surface area contributed by atoms with Gasteiger partial charge in [0.2, 0.25) is 5.91 Å². The Labute approximate surface area is 173 Å². The molecule has 1 aromatic heterocycles. The molecule has 0 radical (unpaired) electrons. The number of rotatable bonds is 6. The monoisotopic (exact) mass is 421 g/mol. The third-order valence-corrected chi connectivity index (χ3v) is 5.60. The SMILES string of the molecule is CC(C)C(=O)NC1CCCN(C(=O)c2csc(COc3ccc(Cl)cc3)n2)C1. The molecule has 0 bridgehead atoms. The summed E-state index contributed by atoms with van der Waals surface area (Å²) in [6, 6.07) is 7.11. The van der Waals surface area contributed by atoms with Crippen LogP contribution in [0, 0.1) is 5.92 Å². The van der Waals surface area contributed by atoms with E-state index in [1.165, 1.54) is 11.3 Å². The largest absolute Gasteiger partial charge is 0.486 e. The second kappa shape index (κ2) is 9.39. The third-order valence-electron chi connectivity index (χ3n) is 4.53. The fourth-order valence-corrected chi connectivity index (χ4v) is 3.77. The molecule has 1 atom stereocenters. The molecule has 2 amide bonds. The van der Waals surface area contributed by atoms with E-state index < -0.39 is 0 Å². The van der Waals surface area contributed by atoms with Gasteiger partial charge in [0.05, 0.1) is 0 Å². The van der Waals surface area contributed by atoms with Gasteiger partial charge in [-0.3, -0.25) is 9.59 Å². The molecule has 1 aromatic carbocycles. The lowest BCUT2D eigenvalue weighted by atomic mass is 10.0. The number of likely N-dealkylation sites (tertiary alicyclic amines) is 1. The van der Waals surface area contributed by atoms with Crippen LogP contribution in [0.3, 0.4) is 0 Å². The number of carbonyl (C=O) groups excluding carboxylic acids is 2. The number of hydrogen-bond donors (Lipinski definition) is 1. The molecule has 8 heteroatoms. The topological polar surface area (TPSA) is 71.5 Å². The van der Waals surface area contributed by atoms with E-state index in [2.05, 4.69) is 10.3 Å². The Morgan fingerprint density at radius 1 is 1.36 bits per heavy atom. The molecular formula is C20H24ClN3O3S. The quantitative estimate of drug-likeness (QED) is 0.770. The van der Waals surface area contributed by atoms with Crippen molar-refractivity contribution in [2.45, 2.75) is 39.3 Å². The highest BCUT2D eigenvalue weighted by Crippen LogP contribution is 2.20. The zero-order valence-electron chi connectivity index (χ0n) is 16.0. The summed E-state index contributed by atoms with van der Waals surface area (Å²) < 4.78 is 5.69. The summed E-state index contributed by atoms with van der Waals surface area (Å²) in [6.45, 7) is 5.23. The molecule has 2 aromatic rings. The van der Waals surface area contributed by atoms with E-state index in [9.17, 15) is 9.59 Å². The van der Waals surface area contributed by atoms with Gasteiger partial charge in [-0.05, 0) is 37.1 Å². The maximum Gasteiger partial charge on any atom is 0.273 e. The molecule has 6 nitrogen and oxygen atoms in total. The number of thiazole rings is 1. The molecule has 0 saturated carbocycles. The van der Waals surface area contributed by atoms with Gasteiger partial charge in [0.1, 0.15) is 23.1 Å². The maximum atomic E-state index is 12.8. The van der Waals surface area contributed by atoms with Gasteiger partial charge in [0.15, 0.2) is 0 Å². The fraction of sp³-hybridized carbons (Fsp3) is 0.450. The zero-order chi connectivity index (χ0) is 20.1. The number of nitrogens with zero attached hydrogens (tertiary/aromatic N) is 2. The normalized spacial score (nSPS) is 16.9. The summed E-state index contributed by atoms with van der Waals surface area (Å²) in [4.78, 5) is 30.9. The molecule has 3 rings (SSSR count). The van der Waals surface area contributed by atoms with Crippen LogP contribution in [0.15, 0.2) is 29.6 Å². The van der Waals surface area contributed by atoms with Crippen molar-refractivity contribution in [1.82, 2.24) is 15.2 Å². The van der Waals surface area contributed by atoms with Crippen LogP contribution in [0.25, 0.3) is 0 Å². The van der Waals surface area contributed by atoms with Crippen molar-refractivity contribution in [2.24, 2.45) is 5.92 Å². The average molecular weight is 422 g/mol. The highest BCUT2D eigenvalue weighted by molar-refractivity contribution is 7.09. The van der Waals surface area contributed by atoms with Gasteiger partial charge in [-0.25, -0.2) is 4.98 Å². The molecule has 1 fully saturated rings. The van der Waals surface area contributed by atoms with Crippen molar-refractivity contribution in [3.63, 3.8) is 0 Å². The molecule has 28 heavy (non-hydrogen) atoms. The number of aromatic nitrogens is 1. The minimum Gasteiger partial charge on any atom is -0.486 e. The summed E-state index contributed by atoms with van der Waals surface area (Å²) in [5, 5.41) is 6.17. The first kappa shape index (κ1) is 20.6. The van der Waals surface area contributed by atoms with Crippen LogP contribution < -0.4 is 10.1 Å². The van der Waals surface area contributed by atoms with Gasteiger partial charge < -0.3 is 15.0 Å². The van der Waals surface area contributed by atoms with Crippen molar-refractivity contribution in [2.75, 3.05) is 13.1 Å². The maximum absolute atomic E-state index is 12.8. The van der Waals surface area contributed by atoms with E-state index in [0.717, 1.165) is 17.8 Å². The fourth-order valence-electron chi connectivity index (χ4n) is 2.96. The Morgan fingerprint density at radius 3 is 2.82 bits per heavy atom.